The SMILES string of the molecule is CNC1CC(C)NC(Nc2cc3c(c(C4=CCN[C@H](C)CC4)c2Cl)OCC3)N1. The second-order valence-electron chi connectivity index (χ2n) is 8.17. The van der Waals surface area contributed by atoms with Gasteiger partial charge in [0, 0.05) is 36.2 Å². The first kappa shape index (κ1) is 20.0. The molecule has 1 fully saturated rings. The van der Waals surface area contributed by atoms with E-state index in [1.807, 2.05) is 7.05 Å². The van der Waals surface area contributed by atoms with Crippen molar-refractivity contribution in [2.24, 2.45) is 0 Å². The Bertz CT molecular complexity index is 753. The Balaban J connectivity index is 1.65. The molecule has 0 aliphatic carbocycles. The minimum absolute atomic E-state index is 0.0447. The van der Waals surface area contributed by atoms with E-state index < -0.39 is 0 Å². The largest absolute Gasteiger partial charge is 0.492 e. The van der Waals surface area contributed by atoms with Gasteiger partial charge in [-0.15, -0.1) is 0 Å². The van der Waals surface area contributed by atoms with Crippen molar-refractivity contribution in [3.05, 3.63) is 28.3 Å². The molecule has 6 nitrogen and oxygen atoms in total. The van der Waals surface area contributed by atoms with Crippen LogP contribution in [0.4, 0.5) is 5.69 Å². The third-order valence-corrected chi connectivity index (χ3v) is 6.34. The Morgan fingerprint density at radius 2 is 2.04 bits per heavy atom. The van der Waals surface area contributed by atoms with Crippen LogP contribution < -0.4 is 31.3 Å². The normalized spacial score (nSPS) is 30.2. The van der Waals surface area contributed by atoms with Gasteiger partial charge in [-0.2, -0.15) is 0 Å². The minimum Gasteiger partial charge on any atom is -0.492 e. The minimum atomic E-state index is -0.0447. The molecule has 0 bridgehead atoms. The average molecular weight is 406 g/mol. The standard InChI is InChI=1S/C21H32ClN5O/c1-12-4-5-14(6-8-24-12)18-19(22)16(11-15-7-9-28-20(15)18)26-21-25-13(2)10-17(23-3)27-21/h6,11-13,17,21,23-27H,4-5,7-10H2,1-3H3/t12-,13?,17?,21?/m1/s1. The van der Waals surface area contributed by atoms with Crippen LogP contribution in [0.3, 0.4) is 0 Å². The van der Waals surface area contributed by atoms with Crippen LogP contribution in [0.2, 0.25) is 5.02 Å². The van der Waals surface area contributed by atoms with Crippen LogP contribution in [0.1, 0.15) is 44.2 Å². The molecule has 1 saturated heterocycles. The summed E-state index contributed by atoms with van der Waals surface area (Å²) in [6, 6.07) is 3.08. The van der Waals surface area contributed by atoms with Gasteiger partial charge in [0.2, 0.25) is 0 Å². The molecule has 7 heteroatoms. The van der Waals surface area contributed by atoms with E-state index in [0.717, 1.165) is 60.9 Å². The monoisotopic (exact) mass is 405 g/mol. The van der Waals surface area contributed by atoms with Crippen LogP contribution in [0, 0.1) is 0 Å². The third kappa shape index (κ3) is 4.16. The molecule has 5 N–H and O–H groups in total. The predicted octanol–water partition coefficient (Wildman–Crippen LogP) is 2.64. The summed E-state index contributed by atoms with van der Waals surface area (Å²) in [6.07, 6.45) is 6.56. The maximum absolute atomic E-state index is 6.97. The van der Waals surface area contributed by atoms with E-state index in [4.69, 9.17) is 16.3 Å². The molecule has 1 aromatic rings. The van der Waals surface area contributed by atoms with Crippen LogP contribution in [0.5, 0.6) is 5.75 Å². The molecule has 0 spiro atoms. The van der Waals surface area contributed by atoms with Gasteiger partial charge in [0.15, 0.2) is 0 Å². The number of halogens is 1. The number of nitrogens with one attached hydrogen (secondary N) is 5. The zero-order valence-electron chi connectivity index (χ0n) is 17.0. The fraction of sp³-hybridized carbons (Fsp3) is 0.619. The summed E-state index contributed by atoms with van der Waals surface area (Å²) in [6.45, 7) is 6.03. The fourth-order valence-electron chi connectivity index (χ4n) is 4.35. The van der Waals surface area contributed by atoms with Gasteiger partial charge in [-0.25, -0.2) is 0 Å². The van der Waals surface area contributed by atoms with Crippen LogP contribution >= 0.6 is 11.6 Å². The second-order valence-corrected chi connectivity index (χ2v) is 8.54. The van der Waals surface area contributed by atoms with Crippen LogP contribution in [-0.2, 0) is 6.42 Å². The molecule has 1 aromatic carbocycles. The molecule has 154 valence electrons. The first-order valence-electron chi connectivity index (χ1n) is 10.4. The van der Waals surface area contributed by atoms with Crippen molar-refractivity contribution in [1.82, 2.24) is 21.3 Å². The molecule has 0 amide bonds. The third-order valence-electron chi connectivity index (χ3n) is 5.95. The van der Waals surface area contributed by atoms with Crippen LogP contribution in [0.15, 0.2) is 12.1 Å². The quantitative estimate of drug-likeness (QED) is 0.530. The van der Waals surface area contributed by atoms with Gasteiger partial charge in [0.1, 0.15) is 12.0 Å². The molecular formula is C21H32ClN5O. The van der Waals surface area contributed by atoms with Crippen molar-refractivity contribution in [1.29, 1.82) is 0 Å². The molecule has 0 radical (unpaired) electrons. The van der Waals surface area contributed by atoms with Crippen molar-refractivity contribution < 1.29 is 4.74 Å². The van der Waals surface area contributed by atoms with E-state index in [-0.39, 0.29) is 12.5 Å². The zero-order chi connectivity index (χ0) is 19.7. The number of rotatable bonds is 4. The Labute approximate surface area is 172 Å². The van der Waals surface area contributed by atoms with E-state index >= 15 is 0 Å². The average Bonchev–Trinajstić information content (AvgIpc) is 3.02. The van der Waals surface area contributed by atoms with Crippen LogP contribution in [-0.4, -0.2) is 44.7 Å². The first-order chi connectivity index (χ1) is 13.5. The number of ether oxygens (including phenoxy) is 1. The summed E-state index contributed by atoms with van der Waals surface area (Å²) in [5.74, 6) is 0.974. The smallest absolute Gasteiger partial charge is 0.133 e. The summed E-state index contributed by atoms with van der Waals surface area (Å²) in [7, 11) is 1.98. The lowest BCUT2D eigenvalue weighted by molar-refractivity contribution is 0.249. The predicted molar refractivity (Wildman–Crippen MR) is 116 cm³/mol. The molecule has 4 atom stereocenters. The maximum atomic E-state index is 6.97. The lowest BCUT2D eigenvalue weighted by Crippen LogP contribution is -2.63. The molecule has 0 saturated carbocycles. The van der Waals surface area contributed by atoms with Gasteiger partial charge >= 0.3 is 0 Å². The highest BCUT2D eigenvalue weighted by atomic mass is 35.5. The van der Waals surface area contributed by atoms with Crippen molar-refractivity contribution in [3.63, 3.8) is 0 Å². The highest BCUT2D eigenvalue weighted by Gasteiger charge is 2.28. The number of hydrogen-bond donors (Lipinski definition) is 5. The van der Waals surface area contributed by atoms with Gasteiger partial charge in [-0.1, -0.05) is 17.7 Å². The number of fused-ring (bicyclic) bond motifs is 1. The van der Waals surface area contributed by atoms with E-state index in [0.29, 0.717) is 12.1 Å². The van der Waals surface area contributed by atoms with E-state index in [9.17, 15) is 0 Å². The lowest BCUT2D eigenvalue weighted by atomic mass is 9.95. The number of allylic oxidation sites excluding steroid dienone is 1. The van der Waals surface area contributed by atoms with Gasteiger partial charge in [-0.05, 0) is 51.8 Å². The topological polar surface area (TPSA) is 69.4 Å². The lowest BCUT2D eigenvalue weighted by Gasteiger charge is -2.37. The van der Waals surface area contributed by atoms with E-state index in [1.54, 1.807) is 0 Å². The van der Waals surface area contributed by atoms with Crippen molar-refractivity contribution in [2.75, 3.05) is 25.5 Å². The molecule has 3 aliphatic rings. The Morgan fingerprint density at radius 1 is 1.18 bits per heavy atom. The molecule has 0 aromatic heterocycles. The highest BCUT2D eigenvalue weighted by Crippen LogP contribution is 2.45. The Kier molecular flexibility index (Phi) is 6.13. The maximum Gasteiger partial charge on any atom is 0.133 e. The Hall–Kier alpha value is -1.31. The van der Waals surface area contributed by atoms with Crippen molar-refractivity contribution in [3.8, 4) is 5.75 Å². The molecule has 3 heterocycles. The summed E-state index contributed by atoms with van der Waals surface area (Å²) in [4.78, 5) is 0. The van der Waals surface area contributed by atoms with Gasteiger partial charge in [0.05, 0.1) is 23.5 Å². The second kappa shape index (κ2) is 8.59. The number of benzene rings is 1. The number of hydrogen-bond acceptors (Lipinski definition) is 6. The van der Waals surface area contributed by atoms with E-state index in [2.05, 4.69) is 52.6 Å². The summed E-state index contributed by atoms with van der Waals surface area (Å²) in [5, 5.41) is 18.3. The molecular weight excluding hydrogens is 374 g/mol. The molecule has 28 heavy (non-hydrogen) atoms. The molecule has 3 aliphatic heterocycles. The number of anilines is 1. The molecule has 4 rings (SSSR count). The summed E-state index contributed by atoms with van der Waals surface area (Å²) in [5.41, 5.74) is 4.56. The highest BCUT2D eigenvalue weighted by molar-refractivity contribution is 6.35. The van der Waals surface area contributed by atoms with Crippen molar-refractivity contribution in [2.45, 2.75) is 64.1 Å². The van der Waals surface area contributed by atoms with Crippen molar-refractivity contribution >= 4 is 22.9 Å². The van der Waals surface area contributed by atoms with Crippen LogP contribution in [0.25, 0.3) is 5.57 Å². The van der Waals surface area contributed by atoms with Gasteiger partial charge < -0.3 is 20.7 Å². The first-order valence-corrected chi connectivity index (χ1v) is 10.8. The zero-order valence-corrected chi connectivity index (χ0v) is 17.7. The van der Waals surface area contributed by atoms with E-state index in [1.165, 1.54) is 11.1 Å². The molecule has 3 unspecified atom stereocenters. The summed E-state index contributed by atoms with van der Waals surface area (Å²) < 4.78 is 6.01. The van der Waals surface area contributed by atoms with Gasteiger partial charge in [0.25, 0.3) is 0 Å². The Morgan fingerprint density at radius 3 is 2.86 bits per heavy atom. The summed E-state index contributed by atoms with van der Waals surface area (Å²) >= 11 is 6.97. The fourth-order valence-corrected chi connectivity index (χ4v) is 4.67. The van der Waals surface area contributed by atoms with Gasteiger partial charge in [-0.3, -0.25) is 10.6 Å².